The van der Waals surface area contributed by atoms with Gasteiger partial charge in [-0.25, -0.2) is 0 Å². The van der Waals surface area contributed by atoms with E-state index in [4.69, 9.17) is 0 Å². The van der Waals surface area contributed by atoms with Crippen LogP contribution in [0, 0.1) is 5.92 Å². The van der Waals surface area contributed by atoms with E-state index in [9.17, 15) is 5.11 Å². The lowest BCUT2D eigenvalue weighted by atomic mass is 9.75. The summed E-state index contributed by atoms with van der Waals surface area (Å²) >= 11 is 5.18. The summed E-state index contributed by atoms with van der Waals surface area (Å²) in [6.07, 6.45) is 4.45. The van der Waals surface area contributed by atoms with Crippen molar-refractivity contribution in [2.45, 2.75) is 38.2 Å². The molecule has 3 heteroatoms. The molecule has 1 aliphatic rings. The first-order valence-corrected chi connectivity index (χ1v) is 6.77. The van der Waals surface area contributed by atoms with E-state index >= 15 is 0 Å². The van der Waals surface area contributed by atoms with Gasteiger partial charge in [-0.15, -0.1) is 11.3 Å². The molecule has 1 aromatic heterocycles. The van der Waals surface area contributed by atoms with Crippen LogP contribution in [-0.4, -0.2) is 5.11 Å². The minimum atomic E-state index is -0.578. The van der Waals surface area contributed by atoms with Crippen LogP contribution >= 0.6 is 27.3 Å². The van der Waals surface area contributed by atoms with Crippen LogP contribution in [0.2, 0.25) is 0 Å². The van der Waals surface area contributed by atoms with Gasteiger partial charge < -0.3 is 5.11 Å². The Bertz CT molecular complexity index is 323. The lowest BCUT2D eigenvalue weighted by Gasteiger charge is -2.37. The van der Waals surface area contributed by atoms with Gasteiger partial charge in [-0.1, -0.05) is 19.8 Å². The highest BCUT2D eigenvalue weighted by Gasteiger charge is 2.39. The molecule has 0 radical (unpaired) electrons. The molecule has 1 fully saturated rings. The molecule has 0 saturated heterocycles. The molecule has 1 aliphatic carbocycles. The number of hydrogen-bond acceptors (Lipinski definition) is 2. The van der Waals surface area contributed by atoms with Gasteiger partial charge in [0, 0.05) is 4.47 Å². The molecular weight excluding hydrogens is 260 g/mol. The molecule has 78 valence electrons. The van der Waals surface area contributed by atoms with Crippen LogP contribution in [0.25, 0.3) is 0 Å². The number of thiophene rings is 1. The highest BCUT2D eigenvalue weighted by atomic mass is 79.9. The Morgan fingerprint density at radius 2 is 2.36 bits per heavy atom. The van der Waals surface area contributed by atoms with Crippen molar-refractivity contribution in [1.82, 2.24) is 0 Å². The number of aliphatic hydroxyl groups is 1. The molecule has 2 rings (SSSR count). The van der Waals surface area contributed by atoms with Gasteiger partial charge in [0.15, 0.2) is 0 Å². The van der Waals surface area contributed by atoms with Crippen molar-refractivity contribution in [3.8, 4) is 0 Å². The monoisotopic (exact) mass is 274 g/mol. The molecule has 0 amide bonds. The average Bonchev–Trinajstić information content (AvgIpc) is 2.57. The second kappa shape index (κ2) is 3.95. The molecule has 0 aromatic carbocycles. The van der Waals surface area contributed by atoms with Gasteiger partial charge in [0.05, 0.1) is 4.88 Å². The van der Waals surface area contributed by atoms with Gasteiger partial charge in [-0.3, -0.25) is 0 Å². The fourth-order valence-electron chi connectivity index (χ4n) is 2.27. The standard InChI is InChI=1S/C11H15BrOS/c1-8-4-2-3-6-11(8,13)10-9(12)5-7-14-10/h5,7-8,13H,2-4,6H2,1H3. The Morgan fingerprint density at radius 3 is 2.93 bits per heavy atom. The van der Waals surface area contributed by atoms with Crippen LogP contribution in [0.3, 0.4) is 0 Å². The Hall–Kier alpha value is 0.140. The molecule has 1 aromatic rings. The fourth-order valence-corrected chi connectivity index (χ4v) is 4.23. The fraction of sp³-hybridized carbons (Fsp3) is 0.636. The zero-order valence-corrected chi connectivity index (χ0v) is 10.7. The van der Waals surface area contributed by atoms with Gasteiger partial charge in [0.25, 0.3) is 0 Å². The molecule has 1 heterocycles. The van der Waals surface area contributed by atoms with Crippen LogP contribution in [0.15, 0.2) is 15.9 Å². The van der Waals surface area contributed by atoms with Gasteiger partial charge in [-0.2, -0.15) is 0 Å². The molecule has 1 nitrogen and oxygen atoms in total. The molecule has 0 spiro atoms. The van der Waals surface area contributed by atoms with Crippen LogP contribution < -0.4 is 0 Å². The van der Waals surface area contributed by atoms with Crippen LogP contribution in [-0.2, 0) is 5.60 Å². The highest BCUT2D eigenvalue weighted by Crippen LogP contribution is 2.46. The summed E-state index contributed by atoms with van der Waals surface area (Å²) < 4.78 is 1.07. The zero-order valence-electron chi connectivity index (χ0n) is 8.29. The van der Waals surface area contributed by atoms with E-state index < -0.39 is 5.60 Å². The Kier molecular flexibility index (Phi) is 3.01. The van der Waals surface area contributed by atoms with E-state index in [-0.39, 0.29) is 0 Å². The quantitative estimate of drug-likeness (QED) is 0.824. The van der Waals surface area contributed by atoms with Crippen molar-refractivity contribution >= 4 is 27.3 Å². The molecule has 2 unspecified atom stereocenters. The average molecular weight is 275 g/mol. The third-order valence-electron chi connectivity index (χ3n) is 3.27. The third kappa shape index (κ3) is 1.66. The maximum atomic E-state index is 10.7. The predicted molar refractivity (Wildman–Crippen MR) is 63.5 cm³/mol. The molecule has 0 bridgehead atoms. The predicted octanol–water partition coefficient (Wildman–Crippen LogP) is 3.91. The van der Waals surface area contributed by atoms with Crippen molar-refractivity contribution in [3.05, 3.63) is 20.8 Å². The van der Waals surface area contributed by atoms with Gasteiger partial charge >= 0.3 is 0 Å². The summed E-state index contributed by atoms with van der Waals surface area (Å²) in [5.74, 6) is 0.381. The van der Waals surface area contributed by atoms with E-state index in [1.165, 1.54) is 6.42 Å². The van der Waals surface area contributed by atoms with Crippen molar-refractivity contribution in [1.29, 1.82) is 0 Å². The molecule has 0 aliphatic heterocycles. The van der Waals surface area contributed by atoms with Crippen LogP contribution in [0.5, 0.6) is 0 Å². The van der Waals surface area contributed by atoms with Gasteiger partial charge in [0.1, 0.15) is 5.60 Å². The Morgan fingerprint density at radius 1 is 1.57 bits per heavy atom. The summed E-state index contributed by atoms with van der Waals surface area (Å²) in [7, 11) is 0. The highest BCUT2D eigenvalue weighted by molar-refractivity contribution is 9.10. The maximum Gasteiger partial charge on any atom is 0.102 e. The molecule has 14 heavy (non-hydrogen) atoms. The summed E-state index contributed by atoms with van der Waals surface area (Å²) in [6, 6.07) is 2.03. The maximum absolute atomic E-state index is 10.7. The van der Waals surface area contributed by atoms with Crippen molar-refractivity contribution in [3.63, 3.8) is 0 Å². The lowest BCUT2D eigenvalue weighted by molar-refractivity contribution is -0.0443. The van der Waals surface area contributed by atoms with Gasteiger partial charge in [0.2, 0.25) is 0 Å². The zero-order chi connectivity index (χ0) is 10.2. The molecular formula is C11H15BrOS. The number of halogens is 1. The first kappa shape index (κ1) is 10.7. The molecule has 1 saturated carbocycles. The van der Waals surface area contributed by atoms with Crippen molar-refractivity contribution < 1.29 is 5.11 Å². The van der Waals surface area contributed by atoms with E-state index in [0.717, 1.165) is 28.6 Å². The smallest absolute Gasteiger partial charge is 0.102 e. The summed E-state index contributed by atoms with van der Waals surface area (Å²) in [6.45, 7) is 2.16. The second-order valence-corrected chi connectivity index (χ2v) is 5.94. The minimum absolute atomic E-state index is 0.381. The molecule has 1 N–H and O–H groups in total. The normalized spacial score (nSPS) is 33.2. The number of rotatable bonds is 1. The first-order chi connectivity index (χ1) is 6.64. The van der Waals surface area contributed by atoms with Crippen LogP contribution in [0.4, 0.5) is 0 Å². The summed E-state index contributed by atoms with van der Waals surface area (Å²) in [5.41, 5.74) is -0.578. The SMILES string of the molecule is CC1CCCCC1(O)c1sccc1Br. The van der Waals surface area contributed by atoms with E-state index in [1.54, 1.807) is 11.3 Å². The van der Waals surface area contributed by atoms with Crippen LogP contribution in [0.1, 0.15) is 37.5 Å². The topological polar surface area (TPSA) is 20.2 Å². The summed E-state index contributed by atoms with van der Waals surface area (Å²) in [4.78, 5) is 1.12. The van der Waals surface area contributed by atoms with E-state index in [0.29, 0.717) is 5.92 Å². The molecule has 2 atom stereocenters. The third-order valence-corrected chi connectivity index (χ3v) is 5.28. The minimum Gasteiger partial charge on any atom is -0.384 e. The Balaban J connectivity index is 2.34. The van der Waals surface area contributed by atoms with Gasteiger partial charge in [-0.05, 0) is 46.1 Å². The lowest BCUT2D eigenvalue weighted by Crippen LogP contribution is -2.35. The first-order valence-electron chi connectivity index (χ1n) is 5.10. The Labute approximate surface area is 97.3 Å². The largest absolute Gasteiger partial charge is 0.384 e. The number of hydrogen-bond donors (Lipinski definition) is 1. The van der Waals surface area contributed by atoms with E-state index in [2.05, 4.69) is 22.9 Å². The van der Waals surface area contributed by atoms with E-state index in [1.807, 2.05) is 11.4 Å². The van der Waals surface area contributed by atoms with Crippen molar-refractivity contribution in [2.24, 2.45) is 5.92 Å². The summed E-state index contributed by atoms with van der Waals surface area (Å²) in [5, 5.41) is 12.7. The second-order valence-electron chi connectivity index (χ2n) is 4.17. The van der Waals surface area contributed by atoms with Crippen molar-refractivity contribution in [2.75, 3.05) is 0 Å².